The van der Waals surface area contributed by atoms with Crippen molar-refractivity contribution >= 4 is 5.97 Å². The SMILES string of the molecule is CCOC(=O)[C@@]1(CO)CCCOC1. The summed E-state index contributed by atoms with van der Waals surface area (Å²) in [6.45, 7) is 2.86. The Kier molecular flexibility index (Phi) is 3.69. The minimum absolute atomic E-state index is 0.189. The van der Waals surface area contributed by atoms with Crippen LogP contribution in [0.2, 0.25) is 0 Å². The molecule has 0 aromatic heterocycles. The molecule has 0 saturated carbocycles. The molecule has 1 heterocycles. The molecule has 0 aromatic carbocycles. The number of aliphatic hydroxyl groups is 1. The molecule has 1 rings (SSSR count). The molecule has 1 aliphatic rings. The summed E-state index contributed by atoms with van der Waals surface area (Å²) in [6.07, 6.45) is 1.46. The monoisotopic (exact) mass is 188 g/mol. The van der Waals surface area contributed by atoms with Crippen LogP contribution in [-0.2, 0) is 14.3 Å². The molecule has 0 aliphatic carbocycles. The van der Waals surface area contributed by atoms with Crippen molar-refractivity contribution < 1.29 is 19.4 Å². The minimum Gasteiger partial charge on any atom is -0.465 e. The van der Waals surface area contributed by atoms with E-state index in [1.54, 1.807) is 6.92 Å². The number of hydrogen-bond donors (Lipinski definition) is 1. The van der Waals surface area contributed by atoms with Gasteiger partial charge >= 0.3 is 5.97 Å². The fourth-order valence-corrected chi connectivity index (χ4v) is 1.49. The van der Waals surface area contributed by atoms with Crippen molar-refractivity contribution in [3.63, 3.8) is 0 Å². The van der Waals surface area contributed by atoms with E-state index in [9.17, 15) is 4.79 Å². The van der Waals surface area contributed by atoms with E-state index in [1.807, 2.05) is 0 Å². The van der Waals surface area contributed by atoms with Gasteiger partial charge in [0, 0.05) is 6.61 Å². The van der Waals surface area contributed by atoms with Crippen molar-refractivity contribution in [3.05, 3.63) is 0 Å². The molecule has 1 atom stereocenters. The Morgan fingerprint density at radius 2 is 2.46 bits per heavy atom. The zero-order valence-electron chi connectivity index (χ0n) is 7.91. The van der Waals surface area contributed by atoms with E-state index in [0.717, 1.165) is 6.42 Å². The summed E-state index contributed by atoms with van der Waals surface area (Å²) < 4.78 is 10.1. The first-order valence-electron chi connectivity index (χ1n) is 4.61. The van der Waals surface area contributed by atoms with Gasteiger partial charge in [0.05, 0.1) is 19.8 Å². The van der Waals surface area contributed by atoms with Crippen molar-refractivity contribution in [2.45, 2.75) is 19.8 Å². The summed E-state index contributed by atoms with van der Waals surface area (Å²) in [5, 5.41) is 9.16. The van der Waals surface area contributed by atoms with Crippen molar-refractivity contribution in [2.75, 3.05) is 26.4 Å². The largest absolute Gasteiger partial charge is 0.465 e. The predicted molar refractivity (Wildman–Crippen MR) is 46.2 cm³/mol. The summed E-state index contributed by atoms with van der Waals surface area (Å²) in [5.41, 5.74) is -0.797. The summed E-state index contributed by atoms with van der Waals surface area (Å²) in [4.78, 5) is 11.5. The van der Waals surface area contributed by atoms with Crippen LogP contribution in [0.4, 0.5) is 0 Å². The van der Waals surface area contributed by atoms with Gasteiger partial charge in [0.2, 0.25) is 0 Å². The van der Waals surface area contributed by atoms with Crippen LogP contribution in [0.1, 0.15) is 19.8 Å². The lowest BCUT2D eigenvalue weighted by atomic mass is 9.83. The zero-order valence-corrected chi connectivity index (χ0v) is 7.91. The van der Waals surface area contributed by atoms with Crippen LogP contribution in [0.5, 0.6) is 0 Å². The maximum Gasteiger partial charge on any atom is 0.316 e. The van der Waals surface area contributed by atoms with E-state index >= 15 is 0 Å². The summed E-state index contributed by atoms with van der Waals surface area (Å²) in [6, 6.07) is 0. The van der Waals surface area contributed by atoms with E-state index in [4.69, 9.17) is 14.6 Å². The molecule has 0 radical (unpaired) electrons. The lowest BCUT2D eigenvalue weighted by Gasteiger charge is -2.32. The highest BCUT2D eigenvalue weighted by molar-refractivity contribution is 5.77. The highest BCUT2D eigenvalue weighted by Gasteiger charge is 2.41. The Bertz CT molecular complexity index is 172. The van der Waals surface area contributed by atoms with Crippen LogP contribution in [-0.4, -0.2) is 37.5 Å². The lowest BCUT2D eigenvalue weighted by Crippen LogP contribution is -2.43. The molecule has 0 amide bonds. The fourth-order valence-electron chi connectivity index (χ4n) is 1.49. The Labute approximate surface area is 77.8 Å². The second-order valence-corrected chi connectivity index (χ2v) is 3.32. The van der Waals surface area contributed by atoms with E-state index in [2.05, 4.69) is 0 Å². The Hall–Kier alpha value is -0.610. The summed E-state index contributed by atoms with van der Waals surface area (Å²) in [7, 11) is 0. The molecule has 0 unspecified atom stereocenters. The smallest absolute Gasteiger partial charge is 0.316 e. The highest BCUT2D eigenvalue weighted by atomic mass is 16.5. The van der Waals surface area contributed by atoms with Crippen molar-refractivity contribution in [1.82, 2.24) is 0 Å². The van der Waals surface area contributed by atoms with E-state index in [-0.39, 0.29) is 19.2 Å². The van der Waals surface area contributed by atoms with Gasteiger partial charge < -0.3 is 14.6 Å². The van der Waals surface area contributed by atoms with Crippen LogP contribution < -0.4 is 0 Å². The van der Waals surface area contributed by atoms with Crippen LogP contribution in [0.25, 0.3) is 0 Å². The van der Waals surface area contributed by atoms with Crippen LogP contribution in [0.3, 0.4) is 0 Å². The van der Waals surface area contributed by atoms with Gasteiger partial charge in [-0.3, -0.25) is 4.79 Å². The van der Waals surface area contributed by atoms with E-state index < -0.39 is 5.41 Å². The van der Waals surface area contributed by atoms with Gasteiger partial charge in [0.25, 0.3) is 0 Å². The zero-order chi connectivity index (χ0) is 9.73. The number of ether oxygens (including phenoxy) is 2. The average Bonchev–Trinajstić information content (AvgIpc) is 2.19. The van der Waals surface area contributed by atoms with Crippen LogP contribution in [0, 0.1) is 5.41 Å². The molecule has 13 heavy (non-hydrogen) atoms. The number of carbonyl (C=O) groups is 1. The van der Waals surface area contributed by atoms with Crippen LogP contribution in [0.15, 0.2) is 0 Å². The number of rotatable bonds is 3. The maximum atomic E-state index is 11.5. The molecule has 4 heteroatoms. The van der Waals surface area contributed by atoms with Gasteiger partial charge in [-0.15, -0.1) is 0 Å². The second-order valence-electron chi connectivity index (χ2n) is 3.32. The predicted octanol–water partition coefficient (Wildman–Crippen LogP) is 0.339. The summed E-state index contributed by atoms with van der Waals surface area (Å²) in [5.74, 6) is -0.336. The molecule has 0 bridgehead atoms. The third kappa shape index (κ3) is 2.19. The molecular formula is C9H16O4. The van der Waals surface area contributed by atoms with Crippen molar-refractivity contribution in [3.8, 4) is 0 Å². The summed E-state index contributed by atoms with van der Waals surface area (Å²) >= 11 is 0. The van der Waals surface area contributed by atoms with Crippen molar-refractivity contribution in [2.24, 2.45) is 5.41 Å². The van der Waals surface area contributed by atoms with Gasteiger partial charge in [-0.25, -0.2) is 0 Å². The fraction of sp³-hybridized carbons (Fsp3) is 0.889. The van der Waals surface area contributed by atoms with E-state index in [0.29, 0.717) is 19.6 Å². The van der Waals surface area contributed by atoms with Gasteiger partial charge in [0.15, 0.2) is 0 Å². The number of esters is 1. The first kappa shape index (κ1) is 10.5. The molecule has 1 saturated heterocycles. The molecule has 0 aromatic rings. The third-order valence-electron chi connectivity index (χ3n) is 2.33. The second kappa shape index (κ2) is 4.58. The lowest BCUT2D eigenvalue weighted by molar-refractivity contribution is -0.167. The normalized spacial score (nSPS) is 28.5. The standard InChI is InChI=1S/C9H16O4/c1-2-13-8(11)9(6-10)4-3-5-12-7-9/h10H,2-7H2,1H3/t9-/m1/s1. The Balaban J connectivity index is 2.61. The first-order valence-corrected chi connectivity index (χ1v) is 4.61. The van der Waals surface area contributed by atoms with Gasteiger partial charge in [-0.1, -0.05) is 0 Å². The minimum atomic E-state index is -0.797. The number of carbonyl (C=O) groups excluding carboxylic acids is 1. The Morgan fingerprint density at radius 3 is 2.92 bits per heavy atom. The Morgan fingerprint density at radius 1 is 1.69 bits per heavy atom. The van der Waals surface area contributed by atoms with Gasteiger partial charge in [0.1, 0.15) is 5.41 Å². The molecule has 4 nitrogen and oxygen atoms in total. The third-order valence-corrected chi connectivity index (χ3v) is 2.33. The quantitative estimate of drug-likeness (QED) is 0.649. The highest BCUT2D eigenvalue weighted by Crippen LogP contribution is 2.29. The number of hydrogen-bond acceptors (Lipinski definition) is 4. The number of aliphatic hydroxyl groups excluding tert-OH is 1. The molecular weight excluding hydrogens is 172 g/mol. The molecule has 0 spiro atoms. The first-order chi connectivity index (χ1) is 6.25. The molecule has 1 aliphatic heterocycles. The van der Waals surface area contributed by atoms with Crippen LogP contribution >= 0.6 is 0 Å². The molecule has 76 valence electrons. The average molecular weight is 188 g/mol. The topological polar surface area (TPSA) is 55.8 Å². The molecule has 1 fully saturated rings. The van der Waals surface area contributed by atoms with Crippen molar-refractivity contribution in [1.29, 1.82) is 0 Å². The maximum absolute atomic E-state index is 11.5. The molecule has 1 N–H and O–H groups in total. The van der Waals surface area contributed by atoms with Gasteiger partial charge in [-0.05, 0) is 19.8 Å². The van der Waals surface area contributed by atoms with E-state index in [1.165, 1.54) is 0 Å². The van der Waals surface area contributed by atoms with Gasteiger partial charge in [-0.2, -0.15) is 0 Å².